The molecule has 0 radical (unpaired) electrons. The molecule has 1 atom stereocenters. The fourth-order valence-corrected chi connectivity index (χ4v) is 3.39. The second-order valence-electron chi connectivity index (χ2n) is 6.04. The van der Waals surface area contributed by atoms with Crippen LogP contribution in [-0.2, 0) is 0 Å². The van der Waals surface area contributed by atoms with E-state index >= 15 is 0 Å². The van der Waals surface area contributed by atoms with Crippen molar-refractivity contribution in [1.82, 2.24) is 10.2 Å². The van der Waals surface area contributed by atoms with Gasteiger partial charge in [0.1, 0.15) is 5.75 Å². The summed E-state index contributed by atoms with van der Waals surface area (Å²) < 4.78 is 41.4. The highest BCUT2D eigenvalue weighted by Crippen LogP contribution is 2.42. The Morgan fingerprint density at radius 2 is 1.79 bits per heavy atom. The standard InChI is InChI=1S/C16H21F3N2O.2ClH/c17-16(18,19)22-14-6-2-5-13(11-14)15(12-3-1-4-12)21-9-7-20-8-10-21;;/h2,5-6,11-12,15,20H,1,3-4,7-10H2;2*1H/t15-;;/m0../s1. The van der Waals surface area contributed by atoms with E-state index in [1.165, 1.54) is 12.5 Å². The Kier molecular flexibility index (Phi) is 8.12. The Hall–Kier alpha value is -0.690. The Morgan fingerprint density at radius 1 is 1.12 bits per heavy atom. The Balaban J connectivity index is 0.00000144. The lowest BCUT2D eigenvalue weighted by Crippen LogP contribution is -2.47. The van der Waals surface area contributed by atoms with E-state index in [-0.39, 0.29) is 36.6 Å². The van der Waals surface area contributed by atoms with Gasteiger partial charge in [0.2, 0.25) is 0 Å². The number of nitrogens with one attached hydrogen (secondary N) is 1. The second kappa shape index (κ2) is 9.13. The van der Waals surface area contributed by atoms with Gasteiger partial charge in [0, 0.05) is 32.2 Å². The molecule has 3 rings (SSSR count). The minimum atomic E-state index is -4.64. The van der Waals surface area contributed by atoms with Crippen LogP contribution in [0.2, 0.25) is 0 Å². The van der Waals surface area contributed by atoms with Crippen LogP contribution in [0, 0.1) is 5.92 Å². The third-order valence-corrected chi connectivity index (χ3v) is 4.57. The van der Waals surface area contributed by atoms with Crippen molar-refractivity contribution in [2.45, 2.75) is 31.7 Å². The normalized spacial score (nSPS) is 20.3. The predicted octanol–water partition coefficient (Wildman–Crippen LogP) is 4.18. The van der Waals surface area contributed by atoms with Gasteiger partial charge < -0.3 is 10.1 Å². The molecule has 1 saturated heterocycles. The van der Waals surface area contributed by atoms with Gasteiger partial charge in [0.25, 0.3) is 0 Å². The lowest BCUT2D eigenvalue weighted by Gasteiger charge is -2.43. The summed E-state index contributed by atoms with van der Waals surface area (Å²) in [5, 5.41) is 3.32. The van der Waals surface area contributed by atoms with Crippen molar-refractivity contribution in [2.24, 2.45) is 5.92 Å². The van der Waals surface area contributed by atoms with Gasteiger partial charge in [-0.15, -0.1) is 38.0 Å². The van der Waals surface area contributed by atoms with Gasteiger partial charge in [0.05, 0.1) is 0 Å². The summed E-state index contributed by atoms with van der Waals surface area (Å²) in [4.78, 5) is 2.40. The zero-order valence-electron chi connectivity index (χ0n) is 13.2. The van der Waals surface area contributed by atoms with Crippen molar-refractivity contribution >= 4 is 24.8 Å². The van der Waals surface area contributed by atoms with Gasteiger partial charge in [-0.1, -0.05) is 18.6 Å². The molecule has 138 valence electrons. The van der Waals surface area contributed by atoms with E-state index in [1.807, 2.05) is 6.07 Å². The highest BCUT2D eigenvalue weighted by molar-refractivity contribution is 5.85. The molecule has 2 aliphatic rings. The highest BCUT2D eigenvalue weighted by Gasteiger charge is 2.35. The van der Waals surface area contributed by atoms with Gasteiger partial charge >= 0.3 is 6.36 Å². The van der Waals surface area contributed by atoms with Crippen LogP contribution in [0.3, 0.4) is 0 Å². The van der Waals surface area contributed by atoms with Crippen LogP contribution in [0.4, 0.5) is 13.2 Å². The van der Waals surface area contributed by atoms with Gasteiger partial charge in [0.15, 0.2) is 0 Å². The molecule has 1 aliphatic heterocycles. The van der Waals surface area contributed by atoms with Crippen molar-refractivity contribution < 1.29 is 17.9 Å². The average Bonchev–Trinajstić information content (AvgIpc) is 2.42. The van der Waals surface area contributed by atoms with E-state index in [2.05, 4.69) is 15.0 Å². The van der Waals surface area contributed by atoms with Gasteiger partial charge in [-0.05, 0) is 36.5 Å². The first kappa shape index (κ1) is 21.4. The number of benzene rings is 1. The van der Waals surface area contributed by atoms with Crippen LogP contribution in [-0.4, -0.2) is 37.4 Å². The number of piperazine rings is 1. The molecule has 1 aliphatic carbocycles. The van der Waals surface area contributed by atoms with Crippen LogP contribution in [0.25, 0.3) is 0 Å². The average molecular weight is 387 g/mol. The van der Waals surface area contributed by atoms with E-state index in [9.17, 15) is 13.2 Å². The molecule has 1 N–H and O–H groups in total. The summed E-state index contributed by atoms with van der Waals surface area (Å²) >= 11 is 0. The van der Waals surface area contributed by atoms with Crippen molar-refractivity contribution in [2.75, 3.05) is 26.2 Å². The molecule has 1 heterocycles. The van der Waals surface area contributed by atoms with Crippen molar-refractivity contribution in [3.8, 4) is 5.75 Å². The second-order valence-corrected chi connectivity index (χ2v) is 6.04. The van der Waals surface area contributed by atoms with Gasteiger partial charge in [-0.2, -0.15) is 0 Å². The van der Waals surface area contributed by atoms with E-state index in [1.54, 1.807) is 12.1 Å². The Morgan fingerprint density at radius 3 is 2.33 bits per heavy atom. The molecule has 0 spiro atoms. The van der Waals surface area contributed by atoms with Crippen LogP contribution in [0.15, 0.2) is 24.3 Å². The first-order valence-electron chi connectivity index (χ1n) is 7.83. The van der Waals surface area contributed by atoms with E-state index in [0.717, 1.165) is 44.6 Å². The van der Waals surface area contributed by atoms with E-state index in [4.69, 9.17) is 0 Å². The smallest absolute Gasteiger partial charge is 0.406 e. The monoisotopic (exact) mass is 386 g/mol. The number of hydrogen-bond donors (Lipinski definition) is 1. The molecule has 3 nitrogen and oxygen atoms in total. The lowest BCUT2D eigenvalue weighted by atomic mass is 9.76. The molecule has 1 aromatic carbocycles. The molecular formula is C16H23Cl2F3N2O. The van der Waals surface area contributed by atoms with Crippen LogP contribution in [0.1, 0.15) is 30.9 Å². The van der Waals surface area contributed by atoms with Crippen molar-refractivity contribution in [1.29, 1.82) is 0 Å². The maximum Gasteiger partial charge on any atom is 0.573 e. The number of alkyl halides is 3. The maximum atomic E-state index is 12.4. The zero-order chi connectivity index (χ0) is 15.6. The third kappa shape index (κ3) is 5.41. The van der Waals surface area contributed by atoms with Crippen LogP contribution >= 0.6 is 24.8 Å². The molecular weight excluding hydrogens is 364 g/mol. The molecule has 8 heteroatoms. The molecule has 0 amide bonds. The lowest BCUT2D eigenvalue weighted by molar-refractivity contribution is -0.274. The van der Waals surface area contributed by atoms with Crippen LogP contribution in [0.5, 0.6) is 5.75 Å². The Labute approximate surface area is 152 Å². The predicted molar refractivity (Wildman–Crippen MR) is 92.1 cm³/mol. The zero-order valence-corrected chi connectivity index (χ0v) is 14.9. The van der Waals surface area contributed by atoms with E-state index < -0.39 is 6.36 Å². The summed E-state index contributed by atoms with van der Waals surface area (Å²) in [6.45, 7) is 3.74. The minimum absolute atomic E-state index is 0. The largest absolute Gasteiger partial charge is 0.573 e. The molecule has 24 heavy (non-hydrogen) atoms. The first-order valence-corrected chi connectivity index (χ1v) is 7.83. The summed E-state index contributed by atoms with van der Waals surface area (Å²) in [6.07, 6.45) is -1.12. The molecule has 0 aromatic heterocycles. The highest BCUT2D eigenvalue weighted by atomic mass is 35.5. The van der Waals surface area contributed by atoms with Crippen molar-refractivity contribution in [3.63, 3.8) is 0 Å². The van der Waals surface area contributed by atoms with Crippen molar-refractivity contribution in [3.05, 3.63) is 29.8 Å². The quantitative estimate of drug-likeness (QED) is 0.839. The van der Waals surface area contributed by atoms with Gasteiger partial charge in [-0.3, -0.25) is 4.90 Å². The Bertz CT molecular complexity index is 506. The molecule has 1 aromatic rings. The van der Waals surface area contributed by atoms with E-state index in [0.29, 0.717) is 5.92 Å². The third-order valence-electron chi connectivity index (χ3n) is 4.57. The summed E-state index contributed by atoms with van der Waals surface area (Å²) in [5.41, 5.74) is 0.938. The number of halogens is 5. The summed E-state index contributed by atoms with van der Waals surface area (Å²) in [5.74, 6) is 0.420. The molecule has 1 saturated carbocycles. The summed E-state index contributed by atoms with van der Waals surface area (Å²) in [7, 11) is 0. The minimum Gasteiger partial charge on any atom is -0.406 e. The molecule has 0 bridgehead atoms. The fraction of sp³-hybridized carbons (Fsp3) is 0.625. The maximum absolute atomic E-state index is 12.4. The fourth-order valence-electron chi connectivity index (χ4n) is 3.39. The SMILES string of the molecule is Cl.Cl.FC(F)(F)Oc1cccc([C@H](C2CCC2)N2CCNCC2)c1. The molecule has 2 fully saturated rings. The van der Waals surface area contributed by atoms with Gasteiger partial charge in [-0.25, -0.2) is 0 Å². The van der Waals surface area contributed by atoms with Crippen LogP contribution < -0.4 is 10.1 Å². The number of ether oxygens (including phenoxy) is 1. The topological polar surface area (TPSA) is 24.5 Å². The number of hydrogen-bond acceptors (Lipinski definition) is 3. The number of rotatable bonds is 4. The summed E-state index contributed by atoms with van der Waals surface area (Å²) in [6, 6.07) is 6.71. The first-order chi connectivity index (χ1) is 10.5. The number of nitrogens with zero attached hydrogens (tertiary/aromatic N) is 1. The molecule has 0 unspecified atom stereocenters.